The van der Waals surface area contributed by atoms with E-state index in [1.807, 2.05) is 46.4 Å². The summed E-state index contributed by atoms with van der Waals surface area (Å²) in [6.07, 6.45) is 2.01. The molecule has 2 N–H and O–H groups in total. The lowest BCUT2D eigenvalue weighted by molar-refractivity contribution is 0.144. The Morgan fingerprint density at radius 2 is 1.00 bits per heavy atom. The molecule has 0 saturated carbocycles. The summed E-state index contributed by atoms with van der Waals surface area (Å²) < 4.78 is 0. The molecule has 0 rings (SSSR count). The quantitative estimate of drug-likeness (QED) is 0.543. The van der Waals surface area contributed by atoms with Crippen molar-refractivity contribution < 1.29 is 10.2 Å². The van der Waals surface area contributed by atoms with Crippen LogP contribution < -0.4 is 0 Å². The Labute approximate surface area is 163 Å². The van der Waals surface area contributed by atoms with Crippen LogP contribution in [0.1, 0.15) is 76.2 Å². The molecule has 0 aliphatic rings. The second kappa shape index (κ2) is 21.6. The van der Waals surface area contributed by atoms with Crippen molar-refractivity contribution in [1.82, 2.24) is 0 Å². The normalized spacial score (nSPS) is 14.1. The van der Waals surface area contributed by atoms with E-state index in [2.05, 4.69) is 40.9 Å². The van der Waals surface area contributed by atoms with Gasteiger partial charge < -0.3 is 10.2 Å². The monoisotopic (exact) mass is 386 g/mol. The molecule has 3 atom stereocenters. The van der Waals surface area contributed by atoms with E-state index in [0.29, 0.717) is 29.7 Å². The predicted molar refractivity (Wildman–Crippen MR) is 116 cm³/mol. The molecule has 0 aromatic carbocycles. The molecule has 0 aromatic heterocycles. The lowest BCUT2D eigenvalue weighted by atomic mass is 10.1. The molecule has 0 aliphatic carbocycles. The average molecular weight is 387 g/mol. The van der Waals surface area contributed by atoms with Crippen molar-refractivity contribution in [2.75, 3.05) is 12.9 Å². The minimum absolute atomic E-state index is 0.148. The van der Waals surface area contributed by atoms with Crippen molar-refractivity contribution in [2.45, 2.75) is 92.9 Å². The number of halogens is 1. The van der Waals surface area contributed by atoms with Crippen LogP contribution in [0.25, 0.3) is 0 Å². The lowest BCUT2D eigenvalue weighted by Crippen LogP contribution is -2.07. The van der Waals surface area contributed by atoms with Gasteiger partial charge in [-0.25, -0.2) is 0 Å². The van der Waals surface area contributed by atoms with Gasteiger partial charge in [0.05, 0.1) is 6.10 Å². The van der Waals surface area contributed by atoms with E-state index in [9.17, 15) is 0 Å². The summed E-state index contributed by atoms with van der Waals surface area (Å²) >= 11 is 7.55. The molecule has 0 aliphatic heterocycles. The van der Waals surface area contributed by atoms with Crippen molar-refractivity contribution in [3.05, 3.63) is 0 Å². The van der Waals surface area contributed by atoms with Crippen LogP contribution >= 0.6 is 23.4 Å². The fourth-order valence-electron chi connectivity index (χ4n) is 0.272. The van der Waals surface area contributed by atoms with Gasteiger partial charge in [-0.05, 0) is 43.8 Å². The van der Waals surface area contributed by atoms with Gasteiger partial charge in [-0.1, -0.05) is 62.3 Å². The van der Waals surface area contributed by atoms with Crippen LogP contribution in [-0.2, 0) is 0 Å². The summed E-state index contributed by atoms with van der Waals surface area (Å²) in [4.78, 5) is 0. The van der Waals surface area contributed by atoms with Gasteiger partial charge in [-0.2, -0.15) is 11.8 Å². The number of hydrogen-bond donors (Lipinski definition) is 2. The first-order valence-electron chi connectivity index (χ1n) is 9.20. The van der Waals surface area contributed by atoms with E-state index in [-0.39, 0.29) is 6.10 Å². The highest BCUT2D eigenvalue weighted by Gasteiger charge is 2.02. The molecule has 0 saturated heterocycles. The Hall–Kier alpha value is 0.560. The van der Waals surface area contributed by atoms with Gasteiger partial charge in [0.1, 0.15) is 0 Å². The summed E-state index contributed by atoms with van der Waals surface area (Å²) in [6.45, 7) is 23.0. The van der Waals surface area contributed by atoms with Crippen molar-refractivity contribution >= 4 is 23.4 Å². The third-order valence-corrected chi connectivity index (χ3v) is 5.35. The molecule has 4 heteroatoms. The van der Waals surface area contributed by atoms with Crippen LogP contribution in [0.3, 0.4) is 0 Å². The third kappa shape index (κ3) is 38.2. The molecule has 0 spiro atoms. The summed E-state index contributed by atoms with van der Waals surface area (Å²) in [5.74, 6) is 2.29. The highest BCUT2D eigenvalue weighted by atomic mass is 35.5. The van der Waals surface area contributed by atoms with E-state index < -0.39 is 0 Å². The maximum atomic E-state index is 8.63. The van der Waals surface area contributed by atoms with Crippen LogP contribution in [0.15, 0.2) is 0 Å². The summed E-state index contributed by atoms with van der Waals surface area (Å²) in [6, 6.07) is 0. The number of rotatable bonds is 5. The zero-order valence-electron chi connectivity index (χ0n) is 18.4. The Kier molecular flexibility index (Phi) is 29.0. The van der Waals surface area contributed by atoms with Crippen LogP contribution in [-0.4, -0.2) is 39.8 Å². The molecule has 0 aromatic rings. The van der Waals surface area contributed by atoms with Crippen LogP contribution in [0, 0.1) is 23.7 Å². The fraction of sp³-hybridized carbons (Fsp3) is 1.00. The van der Waals surface area contributed by atoms with E-state index in [1.165, 1.54) is 0 Å². The molecule has 2 nitrogen and oxygen atoms in total. The first-order chi connectivity index (χ1) is 10.7. The molecular formula is C20H47ClO2S. The van der Waals surface area contributed by atoms with Gasteiger partial charge in [0.15, 0.2) is 0 Å². The molecule has 0 bridgehead atoms. The standard InChI is InChI=1S/C6H14S.C5H11Cl.C5H12O.C4H10O/c1-5(2)6(3)7-4;2*1-4(2)5(3)6;1-4(2)3-5/h5-6H,1-4H3;4-5H,1-3H3;4-6H,1-3H3;4-5H,3H2,1-2H3/t;2*5-;/m.01./s1. The van der Waals surface area contributed by atoms with E-state index in [1.54, 1.807) is 6.92 Å². The second-order valence-corrected chi connectivity index (χ2v) is 9.57. The smallest absolute Gasteiger partial charge is 0.0535 e. The molecule has 152 valence electrons. The number of aliphatic hydroxyl groups excluding tert-OH is 2. The SMILES string of the molecule is CC(C)CO.CC(C)[C@@H](C)O.CC(C)[C@H](C)Cl.CSC(C)C(C)C. The van der Waals surface area contributed by atoms with Crippen LogP contribution in [0.2, 0.25) is 0 Å². The van der Waals surface area contributed by atoms with Crippen LogP contribution in [0.5, 0.6) is 0 Å². The van der Waals surface area contributed by atoms with E-state index >= 15 is 0 Å². The maximum Gasteiger partial charge on any atom is 0.0535 e. The second-order valence-electron chi connectivity index (χ2n) is 7.67. The van der Waals surface area contributed by atoms with Gasteiger partial charge in [0.25, 0.3) is 0 Å². The molecule has 0 radical (unpaired) electrons. The van der Waals surface area contributed by atoms with Gasteiger partial charge in [-0.3, -0.25) is 0 Å². The predicted octanol–water partition coefficient (Wildman–Crippen LogP) is 6.32. The Bertz CT molecular complexity index is 194. The summed E-state index contributed by atoms with van der Waals surface area (Å²) in [5, 5.41) is 17.9. The zero-order chi connectivity index (χ0) is 20.5. The number of alkyl halides is 1. The Morgan fingerprint density at radius 1 is 0.750 bits per heavy atom. The van der Waals surface area contributed by atoms with Gasteiger partial charge >= 0.3 is 0 Å². The van der Waals surface area contributed by atoms with Crippen molar-refractivity contribution in [2.24, 2.45) is 23.7 Å². The summed E-state index contributed by atoms with van der Waals surface area (Å²) in [7, 11) is 0. The summed E-state index contributed by atoms with van der Waals surface area (Å²) in [5.41, 5.74) is 0. The van der Waals surface area contributed by atoms with Gasteiger partial charge in [0.2, 0.25) is 0 Å². The molecule has 24 heavy (non-hydrogen) atoms. The molecule has 0 amide bonds. The minimum atomic E-state index is -0.148. The molecular weight excluding hydrogens is 340 g/mol. The van der Waals surface area contributed by atoms with Crippen molar-refractivity contribution in [3.8, 4) is 0 Å². The van der Waals surface area contributed by atoms with E-state index in [4.69, 9.17) is 21.8 Å². The largest absolute Gasteiger partial charge is 0.396 e. The molecule has 0 fully saturated rings. The first-order valence-corrected chi connectivity index (χ1v) is 10.9. The van der Waals surface area contributed by atoms with Gasteiger partial charge in [-0.15, -0.1) is 11.6 Å². The molecule has 1 unspecified atom stereocenters. The van der Waals surface area contributed by atoms with E-state index in [0.717, 1.165) is 11.2 Å². The van der Waals surface area contributed by atoms with Crippen molar-refractivity contribution in [3.63, 3.8) is 0 Å². The Balaban J connectivity index is -0.000000112. The maximum absolute atomic E-state index is 8.63. The lowest BCUT2D eigenvalue weighted by Gasteiger charge is -2.10. The highest BCUT2D eigenvalue weighted by Crippen LogP contribution is 2.14. The topological polar surface area (TPSA) is 40.5 Å². The number of thioether (sulfide) groups is 1. The van der Waals surface area contributed by atoms with Gasteiger partial charge in [0, 0.05) is 17.2 Å². The minimum Gasteiger partial charge on any atom is -0.396 e. The zero-order valence-corrected chi connectivity index (χ0v) is 20.0. The third-order valence-electron chi connectivity index (χ3n) is 3.56. The van der Waals surface area contributed by atoms with Crippen LogP contribution in [0.4, 0.5) is 0 Å². The number of aliphatic hydroxyl groups is 2. The Morgan fingerprint density at radius 3 is 1.00 bits per heavy atom. The number of hydrogen-bond acceptors (Lipinski definition) is 3. The van der Waals surface area contributed by atoms with Crippen molar-refractivity contribution in [1.29, 1.82) is 0 Å². The molecule has 0 heterocycles. The highest BCUT2D eigenvalue weighted by molar-refractivity contribution is 7.99. The average Bonchev–Trinajstić information content (AvgIpc) is 2.47. The first kappa shape index (κ1) is 32.3. The fourth-order valence-corrected chi connectivity index (χ4v) is 0.816.